The zero-order chi connectivity index (χ0) is 26.6. The van der Waals surface area contributed by atoms with E-state index in [1.807, 2.05) is 52.0 Å². The number of aliphatic hydroxyl groups is 2. The molecular weight excluding hydrogens is 468 g/mol. The summed E-state index contributed by atoms with van der Waals surface area (Å²) in [5, 5.41) is 29.1. The van der Waals surface area contributed by atoms with Crippen LogP contribution in [-0.2, 0) is 14.3 Å². The van der Waals surface area contributed by atoms with Crippen molar-refractivity contribution in [3.05, 3.63) is 71.2 Å². The fourth-order valence-corrected chi connectivity index (χ4v) is 3.60. The van der Waals surface area contributed by atoms with E-state index in [2.05, 4.69) is 4.74 Å². The first-order chi connectivity index (χ1) is 17.0. The molecule has 0 aromatic heterocycles. The molecule has 36 heavy (non-hydrogen) atoms. The van der Waals surface area contributed by atoms with Crippen LogP contribution in [0.25, 0.3) is 0 Å². The number of esters is 1. The Kier molecular flexibility index (Phi) is 8.08. The maximum Gasteiger partial charge on any atom is 0.417 e. The number of carbonyl (C=O) groups excluding carboxylic acids is 2. The van der Waals surface area contributed by atoms with Crippen LogP contribution in [0.1, 0.15) is 50.7 Å². The van der Waals surface area contributed by atoms with Gasteiger partial charge in [0.15, 0.2) is 0 Å². The van der Waals surface area contributed by atoms with E-state index in [9.17, 15) is 29.7 Å². The molecule has 10 nitrogen and oxygen atoms in total. The molecule has 2 amide bonds. The lowest BCUT2D eigenvalue weighted by Gasteiger charge is -2.27. The monoisotopic (exact) mass is 498 g/mol. The number of aliphatic hydroxyl groups excluding tert-OH is 2. The number of nitrogens with zero attached hydrogens (tertiary/aromatic N) is 2. The van der Waals surface area contributed by atoms with Crippen LogP contribution in [-0.4, -0.2) is 52.9 Å². The third-order valence-corrected chi connectivity index (χ3v) is 5.82. The second-order valence-electron chi connectivity index (χ2n) is 8.93. The van der Waals surface area contributed by atoms with Gasteiger partial charge in [0.2, 0.25) is 11.5 Å². The molecule has 2 aromatic carbocycles. The molecule has 0 spiro atoms. The van der Waals surface area contributed by atoms with E-state index < -0.39 is 36.0 Å². The quantitative estimate of drug-likeness (QED) is 0.419. The van der Waals surface area contributed by atoms with Gasteiger partial charge in [-0.05, 0) is 47.2 Å². The van der Waals surface area contributed by atoms with Gasteiger partial charge >= 0.3 is 24.4 Å². The van der Waals surface area contributed by atoms with Gasteiger partial charge in [-0.3, -0.25) is 9.80 Å². The molecule has 0 radical (unpaired) electrons. The number of hydrogen-bond donors (Lipinski definition) is 3. The third-order valence-electron chi connectivity index (χ3n) is 5.82. The number of rotatable bonds is 8. The number of anilines is 2. The van der Waals surface area contributed by atoms with Crippen LogP contribution in [0.2, 0.25) is 0 Å². The number of carbonyl (C=O) groups is 3. The van der Waals surface area contributed by atoms with Crippen molar-refractivity contribution in [2.75, 3.05) is 22.9 Å². The number of ether oxygens (including phenoxy) is 2. The lowest BCUT2D eigenvalue weighted by molar-refractivity contribution is -0.155. The molecule has 0 saturated heterocycles. The fraction of sp³-hybridized carbons (Fsp3) is 0.346. The van der Waals surface area contributed by atoms with E-state index >= 15 is 0 Å². The van der Waals surface area contributed by atoms with E-state index in [0.717, 1.165) is 16.0 Å². The molecule has 0 fully saturated rings. The summed E-state index contributed by atoms with van der Waals surface area (Å²) in [7, 11) is 0. The van der Waals surface area contributed by atoms with E-state index in [-0.39, 0.29) is 24.9 Å². The van der Waals surface area contributed by atoms with Gasteiger partial charge in [0.25, 0.3) is 0 Å². The summed E-state index contributed by atoms with van der Waals surface area (Å²) in [5.41, 5.74) is 2.92. The van der Waals surface area contributed by atoms with Crippen molar-refractivity contribution in [3.63, 3.8) is 0 Å². The molecule has 0 saturated carbocycles. The molecule has 1 atom stereocenters. The standard InChI is InChI=1S/C26H30N2O8/c1-15(2)17-5-9-19(10-6-17)27(25(32)33)13-14-28(20-11-7-18(8-12-20)16(3)4)26(34)36-24-22(30)21(29)23(31)35-24/h5-12,15-16,24,29-30H,13-14H2,1-4H3,(H,32,33). The van der Waals surface area contributed by atoms with Crippen LogP contribution in [0.4, 0.5) is 21.0 Å². The zero-order valence-corrected chi connectivity index (χ0v) is 20.5. The lowest BCUT2D eigenvalue weighted by atomic mass is 10.0. The van der Waals surface area contributed by atoms with Crippen LogP contribution in [0.5, 0.6) is 0 Å². The average Bonchev–Trinajstić information content (AvgIpc) is 3.08. The Morgan fingerprint density at radius 1 is 0.861 bits per heavy atom. The topological polar surface area (TPSA) is 137 Å². The van der Waals surface area contributed by atoms with Gasteiger partial charge < -0.3 is 24.8 Å². The van der Waals surface area contributed by atoms with Crippen molar-refractivity contribution in [2.45, 2.75) is 45.8 Å². The molecule has 2 aromatic rings. The second kappa shape index (κ2) is 11.0. The highest BCUT2D eigenvalue weighted by atomic mass is 16.7. The van der Waals surface area contributed by atoms with Gasteiger partial charge in [-0.15, -0.1) is 0 Å². The molecule has 192 valence electrons. The van der Waals surface area contributed by atoms with Crippen LogP contribution in [0.15, 0.2) is 60.0 Å². The van der Waals surface area contributed by atoms with Crippen LogP contribution >= 0.6 is 0 Å². The molecule has 1 heterocycles. The number of cyclic esters (lactones) is 1. The van der Waals surface area contributed by atoms with E-state index in [4.69, 9.17) is 4.74 Å². The first-order valence-corrected chi connectivity index (χ1v) is 11.5. The Hall–Kier alpha value is -4.21. The maximum atomic E-state index is 13.0. The van der Waals surface area contributed by atoms with Gasteiger partial charge in [0.05, 0.1) is 0 Å². The summed E-state index contributed by atoms with van der Waals surface area (Å²) in [6, 6.07) is 14.1. The molecular formula is C26H30N2O8. The van der Waals surface area contributed by atoms with Crippen LogP contribution < -0.4 is 9.80 Å². The summed E-state index contributed by atoms with van der Waals surface area (Å²) in [6.07, 6.45) is -4.01. The minimum atomic E-state index is -1.80. The summed E-state index contributed by atoms with van der Waals surface area (Å²) in [4.78, 5) is 38.8. The minimum absolute atomic E-state index is 0.102. The van der Waals surface area contributed by atoms with E-state index in [1.165, 1.54) is 4.90 Å². The number of amides is 2. The fourth-order valence-electron chi connectivity index (χ4n) is 3.60. The Morgan fingerprint density at radius 3 is 1.69 bits per heavy atom. The van der Waals surface area contributed by atoms with Gasteiger partial charge in [-0.25, -0.2) is 14.4 Å². The van der Waals surface area contributed by atoms with Crippen molar-refractivity contribution in [1.29, 1.82) is 0 Å². The smallest absolute Gasteiger partial charge is 0.417 e. The molecule has 1 unspecified atom stereocenters. The molecule has 0 aliphatic carbocycles. The second-order valence-corrected chi connectivity index (χ2v) is 8.93. The summed E-state index contributed by atoms with van der Waals surface area (Å²) < 4.78 is 9.78. The Balaban J connectivity index is 1.84. The Labute approximate surface area is 209 Å². The van der Waals surface area contributed by atoms with Crippen molar-refractivity contribution in [2.24, 2.45) is 0 Å². The van der Waals surface area contributed by atoms with Crippen molar-refractivity contribution in [3.8, 4) is 0 Å². The van der Waals surface area contributed by atoms with Gasteiger partial charge in [0, 0.05) is 24.5 Å². The average molecular weight is 499 g/mol. The first kappa shape index (κ1) is 26.4. The minimum Gasteiger partial charge on any atom is -0.503 e. The highest BCUT2D eigenvalue weighted by Gasteiger charge is 2.38. The van der Waals surface area contributed by atoms with Crippen molar-refractivity contribution in [1.82, 2.24) is 0 Å². The summed E-state index contributed by atoms with van der Waals surface area (Å²) in [6.45, 7) is 7.89. The van der Waals surface area contributed by atoms with Gasteiger partial charge in [0.1, 0.15) is 0 Å². The Morgan fingerprint density at radius 2 is 1.31 bits per heavy atom. The Bertz CT molecular complexity index is 1140. The largest absolute Gasteiger partial charge is 0.503 e. The third kappa shape index (κ3) is 5.88. The molecule has 1 aliphatic heterocycles. The van der Waals surface area contributed by atoms with Gasteiger partial charge in [-0.2, -0.15) is 0 Å². The van der Waals surface area contributed by atoms with Crippen molar-refractivity contribution < 1.29 is 39.2 Å². The highest BCUT2D eigenvalue weighted by Crippen LogP contribution is 2.25. The SMILES string of the molecule is CC(C)c1ccc(N(CCN(C(=O)OC2OC(=O)C(O)=C2O)c2ccc(C(C)C)cc2)C(=O)O)cc1. The van der Waals surface area contributed by atoms with Crippen LogP contribution in [0.3, 0.4) is 0 Å². The predicted molar refractivity (Wildman–Crippen MR) is 132 cm³/mol. The zero-order valence-electron chi connectivity index (χ0n) is 20.5. The maximum absolute atomic E-state index is 13.0. The summed E-state index contributed by atoms with van der Waals surface area (Å²) >= 11 is 0. The lowest BCUT2D eigenvalue weighted by Crippen LogP contribution is -2.42. The van der Waals surface area contributed by atoms with E-state index in [1.54, 1.807) is 24.3 Å². The first-order valence-electron chi connectivity index (χ1n) is 11.5. The molecule has 10 heteroatoms. The number of carboxylic acid groups (broad SMARTS) is 1. The molecule has 0 bridgehead atoms. The molecule has 1 aliphatic rings. The normalized spacial score (nSPS) is 15.3. The predicted octanol–water partition coefficient (Wildman–Crippen LogP) is 5.27. The number of hydrogen-bond acceptors (Lipinski definition) is 7. The van der Waals surface area contributed by atoms with Crippen molar-refractivity contribution >= 4 is 29.5 Å². The number of benzene rings is 2. The molecule has 3 N–H and O–H groups in total. The van der Waals surface area contributed by atoms with Gasteiger partial charge in [-0.1, -0.05) is 52.0 Å². The summed E-state index contributed by atoms with van der Waals surface area (Å²) in [5.74, 6) is -2.65. The molecule has 3 rings (SSSR count). The highest BCUT2D eigenvalue weighted by molar-refractivity contribution is 5.91. The van der Waals surface area contributed by atoms with Crippen LogP contribution in [0, 0.1) is 0 Å². The van der Waals surface area contributed by atoms with E-state index in [0.29, 0.717) is 11.4 Å².